The van der Waals surface area contributed by atoms with Crippen LogP contribution in [-0.4, -0.2) is 9.55 Å². The molecule has 0 bridgehead atoms. The number of nitrogens with zero attached hydrogens (tertiary/aromatic N) is 2. The molecule has 0 aliphatic carbocycles. The Morgan fingerprint density at radius 2 is 1.04 bits per heavy atom. The third-order valence-corrected chi connectivity index (χ3v) is 10.4. The van der Waals surface area contributed by atoms with Crippen molar-refractivity contribution < 1.29 is 4.42 Å². The largest absolute Gasteiger partial charge is 0.455 e. The van der Waals surface area contributed by atoms with E-state index in [0.717, 1.165) is 44.4 Å². The molecule has 0 aliphatic rings. The molecule has 9 aromatic rings. The van der Waals surface area contributed by atoms with E-state index < -0.39 is 0 Å². The van der Waals surface area contributed by atoms with Crippen molar-refractivity contribution >= 4 is 33.0 Å². The molecule has 0 saturated carbocycles. The highest BCUT2D eigenvalue weighted by molar-refractivity contribution is 6.10. The lowest BCUT2D eigenvalue weighted by Crippen LogP contribution is -2.09. The summed E-state index contributed by atoms with van der Waals surface area (Å²) in [6.45, 7) is 9.20. The van der Waals surface area contributed by atoms with Gasteiger partial charge in [-0.25, -0.2) is 4.98 Å². The van der Waals surface area contributed by atoms with Crippen LogP contribution >= 0.6 is 0 Å². The molecule has 0 amide bonds. The number of benzene rings is 7. The molecule has 0 spiro atoms. The van der Waals surface area contributed by atoms with Crippen molar-refractivity contribution in [1.82, 2.24) is 9.55 Å². The smallest absolute Gasteiger partial charge is 0.149 e. The Bertz CT molecular complexity index is 2680. The molecule has 3 heteroatoms. The van der Waals surface area contributed by atoms with E-state index in [1.54, 1.807) is 0 Å². The lowest BCUT2D eigenvalue weighted by molar-refractivity contribution is 0.669. The number of imidazole rings is 1. The summed E-state index contributed by atoms with van der Waals surface area (Å²) in [6.07, 6.45) is 0. The normalized spacial score (nSPS) is 11.8. The lowest BCUT2D eigenvalue weighted by atomic mass is 9.87. The van der Waals surface area contributed by atoms with E-state index in [0.29, 0.717) is 0 Å². The fourth-order valence-corrected chi connectivity index (χ4v) is 7.69. The van der Waals surface area contributed by atoms with Gasteiger partial charge in [-0.05, 0) is 98.8 Å². The molecule has 0 unspecified atom stereocenters. The molecule has 0 fully saturated rings. The van der Waals surface area contributed by atoms with Crippen LogP contribution < -0.4 is 0 Å². The molecule has 0 aliphatic heterocycles. The van der Waals surface area contributed by atoms with Gasteiger partial charge >= 0.3 is 0 Å². The number of para-hydroxylation sites is 3. The number of rotatable bonds is 7. The quantitative estimate of drug-likeness (QED) is 0.169. The van der Waals surface area contributed by atoms with Crippen molar-refractivity contribution in [2.45, 2.75) is 39.5 Å². The number of hydrogen-bond acceptors (Lipinski definition) is 2. The van der Waals surface area contributed by atoms with Crippen molar-refractivity contribution in [3.63, 3.8) is 0 Å². The number of aromatic nitrogens is 2. The summed E-state index contributed by atoms with van der Waals surface area (Å²) in [5, 5.41) is 2.19. The van der Waals surface area contributed by atoms with Gasteiger partial charge in [0.2, 0.25) is 0 Å². The Morgan fingerprint density at radius 3 is 1.69 bits per heavy atom. The van der Waals surface area contributed by atoms with Gasteiger partial charge in [-0.15, -0.1) is 0 Å². The molecule has 0 saturated heterocycles. The van der Waals surface area contributed by atoms with Gasteiger partial charge in [0.1, 0.15) is 17.0 Å². The minimum absolute atomic E-state index is 0.267. The van der Waals surface area contributed by atoms with E-state index in [2.05, 4.69) is 190 Å². The first-order chi connectivity index (χ1) is 25.4. The maximum atomic E-state index is 6.74. The van der Waals surface area contributed by atoms with Gasteiger partial charge < -0.3 is 4.42 Å². The molecule has 9 rings (SSSR count). The number of fused-ring (bicyclic) bond motifs is 4. The van der Waals surface area contributed by atoms with Gasteiger partial charge in [0.05, 0.1) is 22.3 Å². The molecule has 252 valence electrons. The Morgan fingerprint density at radius 1 is 0.481 bits per heavy atom. The first kappa shape index (κ1) is 31.8. The molecule has 52 heavy (non-hydrogen) atoms. The van der Waals surface area contributed by atoms with E-state index in [9.17, 15) is 0 Å². The van der Waals surface area contributed by atoms with Crippen LogP contribution in [0.25, 0.3) is 83.4 Å². The van der Waals surface area contributed by atoms with Gasteiger partial charge in [-0.3, -0.25) is 4.57 Å². The van der Waals surface area contributed by atoms with Crippen LogP contribution in [0.2, 0.25) is 0 Å². The van der Waals surface area contributed by atoms with Crippen molar-refractivity contribution in [3.05, 3.63) is 169 Å². The Balaban J connectivity index is 1.26. The summed E-state index contributed by atoms with van der Waals surface area (Å²) in [6, 6.07) is 56.4. The van der Waals surface area contributed by atoms with E-state index >= 15 is 0 Å². The van der Waals surface area contributed by atoms with E-state index in [1.165, 1.54) is 50.2 Å². The average Bonchev–Trinajstić information content (AvgIpc) is 3.76. The van der Waals surface area contributed by atoms with Crippen molar-refractivity contribution in [1.29, 1.82) is 0 Å². The van der Waals surface area contributed by atoms with Crippen LogP contribution in [0.3, 0.4) is 0 Å². The maximum absolute atomic E-state index is 6.74. The second-order valence-corrected chi connectivity index (χ2v) is 14.4. The fraction of sp³-hybridized carbons (Fsp3) is 0.122. The molecule has 2 aromatic heterocycles. The summed E-state index contributed by atoms with van der Waals surface area (Å²) >= 11 is 0. The van der Waals surface area contributed by atoms with Gasteiger partial charge in [0, 0.05) is 10.8 Å². The molecular weight excluding hydrogens is 633 g/mol. The van der Waals surface area contributed by atoms with Crippen LogP contribution in [0.5, 0.6) is 0 Å². The molecule has 0 N–H and O–H groups in total. The second-order valence-electron chi connectivity index (χ2n) is 14.4. The third kappa shape index (κ3) is 5.41. The van der Waals surface area contributed by atoms with Gasteiger partial charge in [0.25, 0.3) is 0 Å². The average molecular weight is 673 g/mol. The van der Waals surface area contributed by atoms with Crippen LogP contribution in [-0.2, 0) is 0 Å². The van der Waals surface area contributed by atoms with Gasteiger partial charge in [0.15, 0.2) is 0 Å². The summed E-state index contributed by atoms with van der Waals surface area (Å²) in [5.41, 5.74) is 15.8. The fourth-order valence-electron chi connectivity index (χ4n) is 7.69. The van der Waals surface area contributed by atoms with Gasteiger partial charge in [-0.1, -0.05) is 143 Å². The summed E-state index contributed by atoms with van der Waals surface area (Å²) in [5.74, 6) is 1.42. The summed E-state index contributed by atoms with van der Waals surface area (Å²) in [4.78, 5) is 5.37. The standard InChI is InChI=1S/C49H40N2O/c1-31(2)41-29-38(36-24-22-35(23-25-36)33-14-7-5-8-15-33)30-42(32(3)4)47(41)51-45-21-12-11-20-44(45)50-49(51)40-19-13-18-39-43-28-37(34-16-9-6-10-17-34)26-27-46(43)52-48(39)40/h5-32H,1-4H3. The van der Waals surface area contributed by atoms with E-state index in [4.69, 9.17) is 9.40 Å². The van der Waals surface area contributed by atoms with E-state index in [-0.39, 0.29) is 11.8 Å². The highest BCUT2D eigenvalue weighted by Gasteiger charge is 2.25. The number of hydrogen-bond donors (Lipinski definition) is 0. The molecule has 0 atom stereocenters. The molecule has 0 radical (unpaired) electrons. The summed E-state index contributed by atoms with van der Waals surface area (Å²) < 4.78 is 9.14. The highest BCUT2D eigenvalue weighted by Crippen LogP contribution is 2.43. The topological polar surface area (TPSA) is 31.0 Å². The zero-order valence-corrected chi connectivity index (χ0v) is 30.0. The van der Waals surface area contributed by atoms with Crippen LogP contribution in [0.1, 0.15) is 50.7 Å². The van der Waals surface area contributed by atoms with Crippen molar-refractivity contribution in [3.8, 4) is 50.5 Å². The monoisotopic (exact) mass is 672 g/mol. The Hall–Kier alpha value is -6.19. The van der Waals surface area contributed by atoms with Gasteiger partial charge in [-0.2, -0.15) is 0 Å². The van der Waals surface area contributed by atoms with Crippen LogP contribution in [0.15, 0.2) is 162 Å². The van der Waals surface area contributed by atoms with Crippen LogP contribution in [0.4, 0.5) is 0 Å². The first-order valence-electron chi connectivity index (χ1n) is 18.3. The zero-order chi connectivity index (χ0) is 35.3. The van der Waals surface area contributed by atoms with Crippen molar-refractivity contribution in [2.75, 3.05) is 0 Å². The predicted molar refractivity (Wildman–Crippen MR) is 218 cm³/mol. The molecule has 7 aromatic carbocycles. The Labute approximate surface area is 304 Å². The minimum atomic E-state index is 0.267. The molecule has 3 nitrogen and oxygen atoms in total. The second kappa shape index (κ2) is 12.9. The molecular formula is C49H40N2O. The maximum Gasteiger partial charge on any atom is 0.149 e. The van der Waals surface area contributed by atoms with E-state index in [1.807, 2.05) is 0 Å². The highest BCUT2D eigenvalue weighted by atomic mass is 16.3. The molecule has 2 heterocycles. The number of furan rings is 1. The van der Waals surface area contributed by atoms with Crippen molar-refractivity contribution in [2.24, 2.45) is 0 Å². The first-order valence-corrected chi connectivity index (χ1v) is 18.3. The SMILES string of the molecule is CC(C)c1cc(-c2ccc(-c3ccccc3)cc2)cc(C(C)C)c1-n1c(-c2cccc3c2oc2ccc(-c4ccccc4)cc23)nc2ccccc21. The zero-order valence-electron chi connectivity index (χ0n) is 30.0. The lowest BCUT2D eigenvalue weighted by Gasteiger charge is -2.24. The minimum Gasteiger partial charge on any atom is -0.455 e. The summed E-state index contributed by atoms with van der Waals surface area (Å²) in [7, 11) is 0. The predicted octanol–water partition coefficient (Wildman–Crippen LogP) is 13.8. The Kier molecular flexibility index (Phi) is 7.85. The van der Waals surface area contributed by atoms with Crippen LogP contribution in [0, 0.1) is 0 Å². The third-order valence-electron chi connectivity index (χ3n) is 10.4.